The summed E-state index contributed by atoms with van der Waals surface area (Å²) in [4.78, 5) is 14.0. The fourth-order valence-electron chi connectivity index (χ4n) is 7.06. The number of carbonyl (C=O) groups is 1. The van der Waals surface area contributed by atoms with Gasteiger partial charge in [0, 0.05) is 31.7 Å². The lowest BCUT2D eigenvalue weighted by Gasteiger charge is -2.47. The van der Waals surface area contributed by atoms with Gasteiger partial charge in [-0.2, -0.15) is 0 Å². The standard InChI is InChI=1S/C38H70O6Si2/c1-15-38(16-2,41-17-3)35(39)42-33-26-31(44-46(13,14)37(8,9)10)24-28-19-18-27(4)32(34(28)33)21-20-29-25-30(22-23-40-29)43-45(11,12)36(5,6)7/h18-19,24,27,29-34H,15-17,20-23,25-26H2,1-14H3/t27-,29+,30+,31+,32-,33-,34-/m0/s1. The summed E-state index contributed by atoms with van der Waals surface area (Å²) in [5.74, 6) is 0.619. The Labute approximate surface area is 285 Å². The Morgan fingerprint density at radius 3 is 2.09 bits per heavy atom. The van der Waals surface area contributed by atoms with Gasteiger partial charge in [0.25, 0.3) is 0 Å². The van der Waals surface area contributed by atoms with E-state index in [1.807, 2.05) is 20.8 Å². The van der Waals surface area contributed by atoms with Crippen LogP contribution in [-0.2, 0) is 27.9 Å². The fraction of sp³-hybridized carbons (Fsp3) is 0.868. The summed E-state index contributed by atoms with van der Waals surface area (Å²) in [6.45, 7) is 32.7. The monoisotopic (exact) mass is 678 g/mol. The van der Waals surface area contributed by atoms with Gasteiger partial charge in [0.2, 0.25) is 0 Å². The molecule has 3 aliphatic rings. The number of esters is 1. The Balaban J connectivity index is 1.86. The normalized spacial score (nSPS) is 29.7. The first-order valence-corrected chi connectivity index (χ1v) is 24.2. The maximum atomic E-state index is 14.0. The molecule has 0 amide bonds. The van der Waals surface area contributed by atoms with Crippen LogP contribution in [0.3, 0.4) is 0 Å². The highest BCUT2D eigenvalue weighted by Gasteiger charge is 2.48. The van der Waals surface area contributed by atoms with Crippen molar-refractivity contribution in [2.75, 3.05) is 13.2 Å². The van der Waals surface area contributed by atoms with Crippen LogP contribution in [0.1, 0.15) is 114 Å². The van der Waals surface area contributed by atoms with Crippen LogP contribution < -0.4 is 0 Å². The maximum absolute atomic E-state index is 14.0. The van der Waals surface area contributed by atoms with Crippen LogP contribution in [0.2, 0.25) is 36.3 Å². The van der Waals surface area contributed by atoms with Gasteiger partial charge in [0.15, 0.2) is 22.2 Å². The summed E-state index contributed by atoms with van der Waals surface area (Å²) >= 11 is 0. The van der Waals surface area contributed by atoms with Crippen LogP contribution in [-0.4, -0.2) is 65.8 Å². The van der Waals surface area contributed by atoms with Crippen LogP contribution in [0.25, 0.3) is 0 Å². The van der Waals surface area contributed by atoms with Gasteiger partial charge in [0.1, 0.15) is 6.10 Å². The van der Waals surface area contributed by atoms with Crippen LogP contribution in [0, 0.1) is 17.8 Å². The molecule has 0 spiro atoms. The third kappa shape index (κ3) is 9.26. The molecule has 7 atom stereocenters. The summed E-state index contributed by atoms with van der Waals surface area (Å²) in [5, 5.41) is 0.289. The molecule has 0 aromatic heterocycles. The molecule has 8 heteroatoms. The minimum atomic E-state index is -2.04. The number of carbonyl (C=O) groups excluding carboxylic acids is 1. The van der Waals surface area contributed by atoms with Gasteiger partial charge in [-0.15, -0.1) is 0 Å². The predicted octanol–water partition coefficient (Wildman–Crippen LogP) is 10.0. The molecule has 0 N–H and O–H groups in total. The minimum Gasteiger partial charge on any atom is -0.459 e. The SMILES string of the molecule is CCOC(CC)(CC)C(=O)O[C@H]1C[C@H](O[Si](C)(C)C(C)(C)C)C=C2C=C[C@H](C)[C@H](CC[C@@H]3C[C@H](O[Si](C)(C)C(C)(C)C)CCO3)[C@H]21. The van der Waals surface area contributed by atoms with Crippen molar-refractivity contribution < 1.29 is 27.9 Å². The molecule has 3 rings (SSSR count). The van der Waals surface area contributed by atoms with Gasteiger partial charge in [-0.05, 0) is 99.1 Å². The zero-order chi connectivity index (χ0) is 34.7. The van der Waals surface area contributed by atoms with E-state index in [2.05, 4.69) is 92.9 Å². The maximum Gasteiger partial charge on any atom is 0.338 e. The number of rotatable bonds is 13. The van der Waals surface area contributed by atoms with Crippen LogP contribution in [0.15, 0.2) is 23.8 Å². The van der Waals surface area contributed by atoms with Crippen molar-refractivity contribution in [2.45, 2.75) is 180 Å². The molecule has 1 saturated heterocycles. The predicted molar refractivity (Wildman–Crippen MR) is 195 cm³/mol. The lowest BCUT2D eigenvalue weighted by molar-refractivity contribution is -0.184. The summed E-state index contributed by atoms with van der Waals surface area (Å²) in [7, 11) is -3.88. The summed E-state index contributed by atoms with van der Waals surface area (Å²) in [6.07, 6.45) is 12.9. The molecule has 46 heavy (non-hydrogen) atoms. The molecular formula is C38H70O6Si2. The molecule has 0 bridgehead atoms. The minimum absolute atomic E-state index is 0.0803. The van der Waals surface area contributed by atoms with Gasteiger partial charge in [-0.3, -0.25) is 0 Å². The Kier molecular flexibility index (Phi) is 13.3. The average molecular weight is 679 g/mol. The number of ether oxygens (including phenoxy) is 3. The second kappa shape index (κ2) is 15.4. The first kappa shape index (κ1) is 39.7. The molecule has 1 aliphatic heterocycles. The van der Waals surface area contributed by atoms with E-state index in [-0.39, 0.29) is 46.4 Å². The molecule has 1 fully saturated rings. The number of allylic oxidation sites excluding steroid dienone is 2. The van der Waals surface area contributed by atoms with E-state index < -0.39 is 22.2 Å². The molecule has 1 heterocycles. The molecule has 266 valence electrons. The summed E-state index contributed by atoms with van der Waals surface area (Å²) in [6, 6.07) is 0. The Morgan fingerprint density at radius 1 is 0.913 bits per heavy atom. The molecule has 0 saturated carbocycles. The fourth-order valence-corrected chi connectivity index (χ4v) is 9.73. The van der Waals surface area contributed by atoms with Crippen molar-refractivity contribution in [2.24, 2.45) is 17.8 Å². The zero-order valence-corrected chi connectivity index (χ0v) is 34.1. The first-order chi connectivity index (χ1) is 21.2. The Bertz CT molecular complexity index is 1060. The lowest BCUT2D eigenvalue weighted by Crippen LogP contribution is -2.50. The Hall–Kier alpha value is -0.776. The molecule has 0 radical (unpaired) electrons. The largest absolute Gasteiger partial charge is 0.459 e. The van der Waals surface area contributed by atoms with E-state index in [4.69, 9.17) is 23.1 Å². The van der Waals surface area contributed by atoms with E-state index in [1.165, 1.54) is 5.57 Å². The molecule has 0 aromatic carbocycles. The van der Waals surface area contributed by atoms with Crippen LogP contribution >= 0.6 is 0 Å². The van der Waals surface area contributed by atoms with Crippen molar-refractivity contribution >= 4 is 22.6 Å². The second-order valence-electron chi connectivity index (χ2n) is 17.4. The van der Waals surface area contributed by atoms with E-state index in [1.54, 1.807) is 0 Å². The van der Waals surface area contributed by atoms with Crippen molar-refractivity contribution in [3.8, 4) is 0 Å². The Morgan fingerprint density at radius 2 is 1.52 bits per heavy atom. The first-order valence-electron chi connectivity index (χ1n) is 18.4. The third-order valence-corrected chi connectivity index (χ3v) is 21.3. The number of fused-ring (bicyclic) bond motifs is 1. The van der Waals surface area contributed by atoms with E-state index >= 15 is 0 Å². The van der Waals surface area contributed by atoms with Crippen LogP contribution in [0.5, 0.6) is 0 Å². The number of hydrogen-bond acceptors (Lipinski definition) is 6. The zero-order valence-electron chi connectivity index (χ0n) is 32.1. The van der Waals surface area contributed by atoms with E-state index in [0.29, 0.717) is 37.7 Å². The topological polar surface area (TPSA) is 63.2 Å². The highest BCUT2D eigenvalue weighted by atomic mass is 28.4. The van der Waals surface area contributed by atoms with Crippen LogP contribution in [0.4, 0.5) is 0 Å². The molecule has 6 nitrogen and oxygen atoms in total. The molecule has 0 unspecified atom stereocenters. The highest BCUT2D eigenvalue weighted by molar-refractivity contribution is 6.74. The summed E-state index contributed by atoms with van der Waals surface area (Å²) < 4.78 is 32.9. The molecular weight excluding hydrogens is 609 g/mol. The van der Waals surface area contributed by atoms with Gasteiger partial charge >= 0.3 is 5.97 Å². The van der Waals surface area contributed by atoms with Gasteiger partial charge < -0.3 is 23.1 Å². The lowest BCUT2D eigenvalue weighted by atomic mass is 9.66. The van der Waals surface area contributed by atoms with Crippen molar-refractivity contribution in [1.29, 1.82) is 0 Å². The quantitative estimate of drug-likeness (QED) is 0.143. The highest BCUT2D eigenvalue weighted by Crippen LogP contribution is 2.47. The van der Waals surface area contributed by atoms with Crippen molar-refractivity contribution in [3.63, 3.8) is 0 Å². The van der Waals surface area contributed by atoms with Crippen molar-refractivity contribution in [3.05, 3.63) is 23.8 Å². The average Bonchev–Trinajstić information content (AvgIpc) is 2.94. The van der Waals surface area contributed by atoms with E-state index in [9.17, 15) is 4.79 Å². The second-order valence-corrected chi connectivity index (χ2v) is 26.9. The molecule has 0 aromatic rings. The summed E-state index contributed by atoms with van der Waals surface area (Å²) in [5.41, 5.74) is 0.349. The smallest absolute Gasteiger partial charge is 0.338 e. The number of hydrogen-bond donors (Lipinski definition) is 0. The van der Waals surface area contributed by atoms with Crippen molar-refractivity contribution in [1.82, 2.24) is 0 Å². The van der Waals surface area contributed by atoms with Gasteiger partial charge in [-0.25, -0.2) is 4.79 Å². The van der Waals surface area contributed by atoms with Gasteiger partial charge in [0.05, 0.1) is 12.2 Å². The van der Waals surface area contributed by atoms with E-state index in [0.717, 1.165) is 32.3 Å². The third-order valence-electron chi connectivity index (χ3n) is 12.2. The molecule has 2 aliphatic carbocycles. The van der Waals surface area contributed by atoms with Gasteiger partial charge in [-0.1, -0.05) is 80.5 Å².